The van der Waals surface area contributed by atoms with Crippen molar-refractivity contribution in [1.82, 2.24) is 0 Å². The molecule has 0 spiro atoms. The fourth-order valence-corrected chi connectivity index (χ4v) is 2.07. The Morgan fingerprint density at radius 1 is 1.33 bits per heavy atom. The maximum absolute atomic E-state index is 10.5. The zero-order chi connectivity index (χ0) is 13.8. The molecule has 102 valence electrons. The minimum Gasteiger partial charge on any atom is -0.496 e. The van der Waals surface area contributed by atoms with Crippen LogP contribution in [0.15, 0.2) is 18.2 Å². The van der Waals surface area contributed by atoms with E-state index in [2.05, 4.69) is 13.8 Å². The average molecular weight is 252 g/mol. The molecule has 1 aromatic carbocycles. The molecule has 1 rings (SSSR count). The standard InChI is InChI=1S/C15H24O3/c1-11(2)12-6-7-13(14(10-12)18-4)15(3,17)8-5-9-16/h6-7,10-11,16-17H,5,8-9H2,1-4H3. The van der Waals surface area contributed by atoms with E-state index in [1.54, 1.807) is 14.0 Å². The van der Waals surface area contributed by atoms with Crippen LogP contribution < -0.4 is 4.74 Å². The first kappa shape index (κ1) is 15.0. The van der Waals surface area contributed by atoms with Gasteiger partial charge in [0.1, 0.15) is 5.75 Å². The Balaban J connectivity index is 3.08. The second-order valence-corrected chi connectivity index (χ2v) is 5.22. The molecule has 0 aromatic heterocycles. The Labute approximate surface area is 109 Å². The first-order valence-electron chi connectivity index (χ1n) is 6.44. The number of ether oxygens (including phenoxy) is 1. The summed E-state index contributed by atoms with van der Waals surface area (Å²) in [7, 11) is 1.62. The number of aliphatic hydroxyl groups excluding tert-OH is 1. The molecule has 3 nitrogen and oxygen atoms in total. The van der Waals surface area contributed by atoms with Crippen molar-refractivity contribution < 1.29 is 14.9 Å². The van der Waals surface area contributed by atoms with Gasteiger partial charge in [-0.25, -0.2) is 0 Å². The van der Waals surface area contributed by atoms with Gasteiger partial charge in [-0.05, 0) is 37.3 Å². The van der Waals surface area contributed by atoms with Crippen molar-refractivity contribution in [2.45, 2.75) is 45.1 Å². The molecule has 0 saturated carbocycles. The van der Waals surface area contributed by atoms with E-state index in [1.807, 2.05) is 18.2 Å². The Bertz CT molecular complexity index is 383. The molecule has 1 unspecified atom stereocenters. The van der Waals surface area contributed by atoms with Gasteiger partial charge in [0, 0.05) is 12.2 Å². The van der Waals surface area contributed by atoms with Crippen LogP contribution in [-0.2, 0) is 5.60 Å². The SMILES string of the molecule is COc1cc(C(C)C)ccc1C(C)(O)CCCO. The number of hydrogen-bond donors (Lipinski definition) is 2. The smallest absolute Gasteiger partial charge is 0.125 e. The highest BCUT2D eigenvalue weighted by atomic mass is 16.5. The molecule has 0 radical (unpaired) electrons. The van der Waals surface area contributed by atoms with Gasteiger partial charge < -0.3 is 14.9 Å². The highest BCUT2D eigenvalue weighted by molar-refractivity contribution is 5.42. The Morgan fingerprint density at radius 3 is 2.50 bits per heavy atom. The number of hydrogen-bond acceptors (Lipinski definition) is 3. The van der Waals surface area contributed by atoms with Crippen molar-refractivity contribution in [2.24, 2.45) is 0 Å². The maximum Gasteiger partial charge on any atom is 0.125 e. The quantitative estimate of drug-likeness (QED) is 0.818. The molecule has 18 heavy (non-hydrogen) atoms. The van der Waals surface area contributed by atoms with Crippen molar-refractivity contribution in [3.05, 3.63) is 29.3 Å². The lowest BCUT2D eigenvalue weighted by atomic mass is 9.88. The Hall–Kier alpha value is -1.06. The van der Waals surface area contributed by atoms with E-state index in [1.165, 1.54) is 5.56 Å². The van der Waals surface area contributed by atoms with Crippen LogP contribution in [0.2, 0.25) is 0 Å². The molecule has 1 aromatic rings. The largest absolute Gasteiger partial charge is 0.496 e. The fourth-order valence-electron chi connectivity index (χ4n) is 2.07. The van der Waals surface area contributed by atoms with E-state index in [0.29, 0.717) is 24.5 Å². The molecule has 0 heterocycles. The van der Waals surface area contributed by atoms with Crippen LogP contribution in [0.1, 0.15) is 50.7 Å². The third-order valence-electron chi connectivity index (χ3n) is 3.29. The highest BCUT2D eigenvalue weighted by Crippen LogP contribution is 2.35. The van der Waals surface area contributed by atoms with Gasteiger partial charge in [0.05, 0.1) is 12.7 Å². The highest BCUT2D eigenvalue weighted by Gasteiger charge is 2.26. The molecule has 3 heteroatoms. The van der Waals surface area contributed by atoms with Gasteiger partial charge in [-0.1, -0.05) is 26.0 Å². The third-order valence-corrected chi connectivity index (χ3v) is 3.29. The van der Waals surface area contributed by atoms with E-state index < -0.39 is 5.60 Å². The summed E-state index contributed by atoms with van der Waals surface area (Å²) >= 11 is 0. The van der Waals surface area contributed by atoms with Crippen LogP contribution in [-0.4, -0.2) is 23.9 Å². The van der Waals surface area contributed by atoms with E-state index in [9.17, 15) is 5.11 Å². The summed E-state index contributed by atoms with van der Waals surface area (Å²) in [5.41, 5.74) is 1.00. The molecule has 0 aliphatic heterocycles. The molecule has 0 saturated heterocycles. The molecular formula is C15H24O3. The summed E-state index contributed by atoms with van der Waals surface area (Å²) < 4.78 is 5.38. The molecule has 0 bridgehead atoms. The van der Waals surface area contributed by atoms with Gasteiger partial charge in [0.25, 0.3) is 0 Å². The molecule has 0 fully saturated rings. The van der Waals surface area contributed by atoms with Gasteiger partial charge >= 0.3 is 0 Å². The summed E-state index contributed by atoms with van der Waals surface area (Å²) in [5.74, 6) is 1.14. The maximum atomic E-state index is 10.5. The molecular weight excluding hydrogens is 228 g/mol. The van der Waals surface area contributed by atoms with Crippen LogP contribution in [0.4, 0.5) is 0 Å². The number of benzene rings is 1. The zero-order valence-corrected chi connectivity index (χ0v) is 11.7. The molecule has 0 aliphatic carbocycles. The lowest BCUT2D eigenvalue weighted by Gasteiger charge is -2.26. The van der Waals surface area contributed by atoms with E-state index in [0.717, 1.165) is 5.56 Å². The van der Waals surface area contributed by atoms with Crippen molar-refractivity contribution in [2.75, 3.05) is 13.7 Å². The van der Waals surface area contributed by atoms with Crippen molar-refractivity contribution in [3.8, 4) is 5.75 Å². The second kappa shape index (κ2) is 6.21. The number of methoxy groups -OCH3 is 1. The molecule has 0 amide bonds. The predicted octanol–water partition coefficient (Wildman–Crippen LogP) is 2.80. The van der Waals surface area contributed by atoms with Crippen LogP contribution in [0.3, 0.4) is 0 Å². The van der Waals surface area contributed by atoms with E-state index in [4.69, 9.17) is 9.84 Å². The summed E-state index contributed by atoms with van der Waals surface area (Å²) in [6, 6.07) is 5.93. The summed E-state index contributed by atoms with van der Waals surface area (Å²) in [6.45, 7) is 6.09. The van der Waals surface area contributed by atoms with Gasteiger partial charge in [-0.15, -0.1) is 0 Å². The van der Waals surface area contributed by atoms with Gasteiger partial charge in [0.15, 0.2) is 0 Å². The second-order valence-electron chi connectivity index (χ2n) is 5.22. The average Bonchev–Trinajstić information content (AvgIpc) is 2.35. The molecule has 1 atom stereocenters. The monoisotopic (exact) mass is 252 g/mol. The van der Waals surface area contributed by atoms with Crippen LogP contribution in [0.5, 0.6) is 5.75 Å². The Morgan fingerprint density at radius 2 is 2.00 bits per heavy atom. The third kappa shape index (κ3) is 3.47. The van der Waals surface area contributed by atoms with Crippen LogP contribution >= 0.6 is 0 Å². The van der Waals surface area contributed by atoms with Gasteiger partial charge in [-0.2, -0.15) is 0 Å². The first-order chi connectivity index (χ1) is 8.42. The topological polar surface area (TPSA) is 49.7 Å². The fraction of sp³-hybridized carbons (Fsp3) is 0.600. The normalized spacial score (nSPS) is 14.6. The Kier molecular flexibility index (Phi) is 5.17. The van der Waals surface area contributed by atoms with Crippen molar-refractivity contribution >= 4 is 0 Å². The van der Waals surface area contributed by atoms with Crippen molar-refractivity contribution in [3.63, 3.8) is 0 Å². The first-order valence-corrected chi connectivity index (χ1v) is 6.44. The van der Waals surface area contributed by atoms with Gasteiger partial charge in [-0.3, -0.25) is 0 Å². The summed E-state index contributed by atoms with van der Waals surface area (Å²) in [4.78, 5) is 0. The summed E-state index contributed by atoms with van der Waals surface area (Å²) in [6.07, 6.45) is 1.09. The zero-order valence-electron chi connectivity index (χ0n) is 11.7. The van der Waals surface area contributed by atoms with Crippen LogP contribution in [0.25, 0.3) is 0 Å². The minimum atomic E-state index is -0.969. The van der Waals surface area contributed by atoms with E-state index in [-0.39, 0.29) is 6.61 Å². The lowest BCUT2D eigenvalue weighted by molar-refractivity contribution is 0.0379. The molecule has 2 N–H and O–H groups in total. The summed E-state index contributed by atoms with van der Waals surface area (Å²) in [5, 5.41) is 19.3. The minimum absolute atomic E-state index is 0.0859. The molecule has 0 aliphatic rings. The van der Waals surface area contributed by atoms with E-state index >= 15 is 0 Å². The van der Waals surface area contributed by atoms with Gasteiger partial charge in [0.2, 0.25) is 0 Å². The lowest BCUT2D eigenvalue weighted by Crippen LogP contribution is -2.22. The number of rotatable bonds is 6. The van der Waals surface area contributed by atoms with Crippen molar-refractivity contribution in [1.29, 1.82) is 0 Å². The predicted molar refractivity (Wildman–Crippen MR) is 73.0 cm³/mol. The van der Waals surface area contributed by atoms with Crippen LogP contribution in [0, 0.1) is 0 Å². The number of aliphatic hydroxyl groups is 2.